The SMILES string of the molecule is O=C(CC1CCCCC1)Nc1ccc(Cl)cn1. The van der Waals surface area contributed by atoms with Crippen molar-refractivity contribution in [3.05, 3.63) is 23.4 Å². The van der Waals surface area contributed by atoms with Crippen molar-refractivity contribution in [3.63, 3.8) is 0 Å². The third kappa shape index (κ3) is 4.00. The van der Waals surface area contributed by atoms with Gasteiger partial charge in [0.15, 0.2) is 0 Å². The molecule has 1 fully saturated rings. The highest BCUT2D eigenvalue weighted by molar-refractivity contribution is 6.30. The molecule has 1 aliphatic carbocycles. The smallest absolute Gasteiger partial charge is 0.225 e. The van der Waals surface area contributed by atoms with Gasteiger partial charge in [-0.2, -0.15) is 0 Å². The molecule has 17 heavy (non-hydrogen) atoms. The Hall–Kier alpha value is -1.09. The quantitative estimate of drug-likeness (QED) is 0.892. The van der Waals surface area contributed by atoms with Gasteiger partial charge in [-0.25, -0.2) is 4.98 Å². The van der Waals surface area contributed by atoms with Crippen molar-refractivity contribution in [2.24, 2.45) is 5.92 Å². The lowest BCUT2D eigenvalue weighted by atomic mass is 9.87. The molecule has 1 aliphatic rings. The lowest BCUT2D eigenvalue weighted by Gasteiger charge is -2.20. The number of hydrogen-bond donors (Lipinski definition) is 1. The molecule has 1 N–H and O–H groups in total. The van der Waals surface area contributed by atoms with Crippen LogP contribution >= 0.6 is 11.6 Å². The Kier molecular flexibility index (Phi) is 4.37. The van der Waals surface area contributed by atoms with Crippen LogP contribution in [-0.2, 0) is 4.79 Å². The van der Waals surface area contributed by atoms with E-state index in [4.69, 9.17) is 11.6 Å². The molecule has 0 unspecified atom stereocenters. The first-order chi connectivity index (χ1) is 8.24. The number of hydrogen-bond acceptors (Lipinski definition) is 2. The van der Waals surface area contributed by atoms with E-state index in [2.05, 4.69) is 10.3 Å². The maximum Gasteiger partial charge on any atom is 0.225 e. The number of rotatable bonds is 3. The summed E-state index contributed by atoms with van der Waals surface area (Å²) in [6.45, 7) is 0. The standard InChI is InChI=1S/C13H17ClN2O/c14-11-6-7-12(15-9-11)16-13(17)8-10-4-2-1-3-5-10/h6-7,9-10H,1-5,8H2,(H,15,16,17). The van der Waals surface area contributed by atoms with E-state index in [1.165, 1.54) is 38.3 Å². The summed E-state index contributed by atoms with van der Waals surface area (Å²) in [5.41, 5.74) is 0. The van der Waals surface area contributed by atoms with Gasteiger partial charge in [0.05, 0.1) is 5.02 Å². The molecule has 92 valence electrons. The van der Waals surface area contributed by atoms with Crippen LogP contribution in [0, 0.1) is 5.92 Å². The first kappa shape index (κ1) is 12.4. The Balaban J connectivity index is 1.82. The summed E-state index contributed by atoms with van der Waals surface area (Å²) in [4.78, 5) is 15.8. The van der Waals surface area contributed by atoms with Gasteiger partial charge < -0.3 is 5.32 Å². The molecule has 1 amide bonds. The Morgan fingerprint density at radius 3 is 2.76 bits per heavy atom. The Morgan fingerprint density at radius 2 is 2.12 bits per heavy atom. The zero-order valence-corrected chi connectivity index (χ0v) is 10.5. The minimum absolute atomic E-state index is 0.0618. The number of anilines is 1. The fourth-order valence-electron chi connectivity index (χ4n) is 2.30. The molecule has 1 heterocycles. The van der Waals surface area contributed by atoms with Crippen molar-refractivity contribution in [1.29, 1.82) is 0 Å². The van der Waals surface area contributed by atoms with E-state index in [1.807, 2.05) is 0 Å². The molecule has 3 nitrogen and oxygen atoms in total. The van der Waals surface area contributed by atoms with Crippen LogP contribution in [0.15, 0.2) is 18.3 Å². The second kappa shape index (κ2) is 6.01. The van der Waals surface area contributed by atoms with Gasteiger partial charge in [-0.15, -0.1) is 0 Å². The monoisotopic (exact) mass is 252 g/mol. The zero-order chi connectivity index (χ0) is 12.1. The van der Waals surface area contributed by atoms with Crippen LogP contribution in [0.4, 0.5) is 5.82 Å². The van der Waals surface area contributed by atoms with Crippen molar-refractivity contribution in [2.45, 2.75) is 38.5 Å². The highest BCUT2D eigenvalue weighted by Gasteiger charge is 2.17. The molecule has 1 saturated carbocycles. The third-order valence-electron chi connectivity index (χ3n) is 3.19. The van der Waals surface area contributed by atoms with Crippen molar-refractivity contribution in [2.75, 3.05) is 5.32 Å². The lowest BCUT2D eigenvalue weighted by Crippen LogP contribution is -2.18. The van der Waals surface area contributed by atoms with Gasteiger partial charge in [0.1, 0.15) is 5.82 Å². The number of halogens is 1. The number of amides is 1. The number of aromatic nitrogens is 1. The summed E-state index contributed by atoms with van der Waals surface area (Å²) < 4.78 is 0. The molecule has 0 bridgehead atoms. The van der Waals surface area contributed by atoms with Crippen LogP contribution < -0.4 is 5.32 Å². The van der Waals surface area contributed by atoms with Gasteiger partial charge in [-0.05, 0) is 30.9 Å². The lowest BCUT2D eigenvalue weighted by molar-refractivity contribution is -0.117. The number of carbonyl (C=O) groups is 1. The fourth-order valence-corrected chi connectivity index (χ4v) is 2.41. The average Bonchev–Trinajstić information content (AvgIpc) is 2.33. The average molecular weight is 253 g/mol. The minimum atomic E-state index is 0.0618. The topological polar surface area (TPSA) is 42.0 Å². The van der Waals surface area contributed by atoms with Crippen LogP contribution in [0.2, 0.25) is 5.02 Å². The van der Waals surface area contributed by atoms with Gasteiger partial charge in [-0.1, -0.05) is 30.9 Å². The molecular weight excluding hydrogens is 236 g/mol. The first-order valence-electron chi connectivity index (χ1n) is 6.15. The second-order valence-electron chi connectivity index (χ2n) is 4.62. The molecule has 1 aromatic rings. The molecule has 1 aromatic heterocycles. The molecule has 0 saturated heterocycles. The van der Waals surface area contributed by atoms with Crippen LogP contribution in [0.1, 0.15) is 38.5 Å². The highest BCUT2D eigenvalue weighted by atomic mass is 35.5. The fraction of sp³-hybridized carbons (Fsp3) is 0.538. The Bertz CT molecular complexity index is 372. The van der Waals surface area contributed by atoms with Crippen LogP contribution in [0.5, 0.6) is 0 Å². The van der Waals surface area contributed by atoms with Gasteiger partial charge in [0, 0.05) is 12.6 Å². The van der Waals surface area contributed by atoms with E-state index in [1.54, 1.807) is 12.1 Å². The molecule has 4 heteroatoms. The normalized spacial score (nSPS) is 16.8. The maximum atomic E-state index is 11.8. The first-order valence-corrected chi connectivity index (χ1v) is 6.53. The Morgan fingerprint density at radius 1 is 1.35 bits per heavy atom. The van der Waals surface area contributed by atoms with E-state index in [0.29, 0.717) is 23.2 Å². The maximum absolute atomic E-state index is 11.8. The van der Waals surface area contributed by atoms with Crippen molar-refractivity contribution in [1.82, 2.24) is 4.98 Å². The molecule has 0 spiro atoms. The third-order valence-corrected chi connectivity index (χ3v) is 3.42. The summed E-state index contributed by atoms with van der Waals surface area (Å²) in [5, 5.41) is 3.39. The number of carbonyl (C=O) groups excluding carboxylic acids is 1. The molecule has 0 atom stereocenters. The Labute approximate surface area is 107 Å². The summed E-state index contributed by atoms with van der Waals surface area (Å²) in [6.07, 6.45) is 8.36. The summed E-state index contributed by atoms with van der Waals surface area (Å²) in [5.74, 6) is 1.19. The minimum Gasteiger partial charge on any atom is -0.311 e. The number of nitrogens with one attached hydrogen (secondary N) is 1. The van der Waals surface area contributed by atoms with Crippen LogP contribution in [0.3, 0.4) is 0 Å². The van der Waals surface area contributed by atoms with E-state index in [-0.39, 0.29) is 5.91 Å². The second-order valence-corrected chi connectivity index (χ2v) is 5.05. The molecular formula is C13H17ClN2O. The van der Waals surface area contributed by atoms with Crippen LogP contribution in [-0.4, -0.2) is 10.9 Å². The summed E-state index contributed by atoms with van der Waals surface area (Å²) >= 11 is 5.73. The summed E-state index contributed by atoms with van der Waals surface area (Å²) in [7, 11) is 0. The molecule has 0 aliphatic heterocycles. The molecule has 0 aromatic carbocycles. The van der Waals surface area contributed by atoms with Crippen LogP contribution in [0.25, 0.3) is 0 Å². The predicted molar refractivity (Wildman–Crippen MR) is 69.1 cm³/mol. The predicted octanol–water partition coefficient (Wildman–Crippen LogP) is 3.64. The number of nitrogens with zero attached hydrogens (tertiary/aromatic N) is 1. The van der Waals surface area contributed by atoms with Gasteiger partial charge in [0.25, 0.3) is 0 Å². The summed E-state index contributed by atoms with van der Waals surface area (Å²) in [6, 6.07) is 3.45. The van der Waals surface area contributed by atoms with E-state index in [0.717, 1.165) is 0 Å². The van der Waals surface area contributed by atoms with Crippen molar-refractivity contribution < 1.29 is 4.79 Å². The molecule has 0 radical (unpaired) electrons. The number of pyridine rings is 1. The highest BCUT2D eigenvalue weighted by Crippen LogP contribution is 2.26. The van der Waals surface area contributed by atoms with Crippen molar-refractivity contribution >= 4 is 23.3 Å². The van der Waals surface area contributed by atoms with Crippen molar-refractivity contribution in [3.8, 4) is 0 Å². The molecule has 2 rings (SSSR count). The van der Waals surface area contributed by atoms with E-state index in [9.17, 15) is 4.79 Å². The van der Waals surface area contributed by atoms with E-state index >= 15 is 0 Å². The van der Waals surface area contributed by atoms with Gasteiger partial charge >= 0.3 is 0 Å². The zero-order valence-electron chi connectivity index (χ0n) is 9.79. The van der Waals surface area contributed by atoms with Gasteiger partial charge in [0.2, 0.25) is 5.91 Å². The largest absolute Gasteiger partial charge is 0.311 e. The van der Waals surface area contributed by atoms with E-state index < -0.39 is 0 Å². The van der Waals surface area contributed by atoms with Gasteiger partial charge in [-0.3, -0.25) is 4.79 Å².